The van der Waals surface area contributed by atoms with Crippen LogP contribution < -0.4 is 10.6 Å². The molecule has 3 heteroatoms. The van der Waals surface area contributed by atoms with E-state index in [1.807, 2.05) is 25.2 Å². The van der Waals surface area contributed by atoms with Gasteiger partial charge >= 0.3 is 0 Å². The number of benzene rings is 1. The van der Waals surface area contributed by atoms with Gasteiger partial charge in [0.15, 0.2) is 0 Å². The summed E-state index contributed by atoms with van der Waals surface area (Å²) >= 11 is 0. The highest BCUT2D eigenvalue weighted by atomic mass is 15.0. The topological polar surface area (TPSA) is 37.0 Å². The van der Waals surface area contributed by atoms with Crippen molar-refractivity contribution in [1.29, 1.82) is 0 Å². The molecule has 0 amide bonds. The van der Waals surface area contributed by atoms with E-state index in [9.17, 15) is 0 Å². The lowest BCUT2D eigenvalue weighted by Gasteiger charge is -2.07. The van der Waals surface area contributed by atoms with Gasteiger partial charge in [0.25, 0.3) is 0 Å². The van der Waals surface area contributed by atoms with E-state index in [4.69, 9.17) is 0 Å². The SMILES string of the molecule is CCNc1ccc2c(NC)cccc2n1. The molecule has 0 atom stereocenters. The molecule has 0 radical (unpaired) electrons. The quantitative estimate of drug-likeness (QED) is 0.801. The second-order valence-electron chi connectivity index (χ2n) is 3.35. The summed E-state index contributed by atoms with van der Waals surface area (Å²) in [5.41, 5.74) is 2.13. The third-order valence-electron chi connectivity index (χ3n) is 2.36. The largest absolute Gasteiger partial charge is 0.388 e. The summed E-state index contributed by atoms with van der Waals surface area (Å²) in [5.74, 6) is 0.929. The highest BCUT2D eigenvalue weighted by Crippen LogP contribution is 2.22. The lowest BCUT2D eigenvalue weighted by atomic mass is 10.2. The molecule has 1 aromatic heterocycles. The number of hydrogen-bond donors (Lipinski definition) is 2. The second kappa shape index (κ2) is 4.17. The maximum Gasteiger partial charge on any atom is 0.126 e. The van der Waals surface area contributed by atoms with Crippen LogP contribution in [0.15, 0.2) is 30.3 Å². The average molecular weight is 201 g/mol. The van der Waals surface area contributed by atoms with Gasteiger partial charge in [-0.2, -0.15) is 0 Å². The first-order chi connectivity index (χ1) is 7.35. The van der Waals surface area contributed by atoms with E-state index < -0.39 is 0 Å². The Labute approximate surface area is 89.5 Å². The third kappa shape index (κ3) is 1.86. The molecule has 15 heavy (non-hydrogen) atoms. The molecule has 1 aromatic carbocycles. The van der Waals surface area contributed by atoms with Gasteiger partial charge in [-0.1, -0.05) is 6.07 Å². The Bertz CT molecular complexity index is 465. The molecule has 3 nitrogen and oxygen atoms in total. The average Bonchev–Trinajstić information content (AvgIpc) is 2.28. The van der Waals surface area contributed by atoms with Crippen LogP contribution in [0.2, 0.25) is 0 Å². The standard InChI is InChI=1S/C12H15N3/c1-3-14-12-8-7-9-10(13-2)5-4-6-11(9)15-12/h4-8,13H,3H2,1-2H3,(H,14,15). The number of fused-ring (bicyclic) bond motifs is 1. The van der Waals surface area contributed by atoms with Gasteiger partial charge in [0, 0.05) is 24.7 Å². The molecule has 2 N–H and O–H groups in total. The Balaban J connectivity index is 2.53. The molecular weight excluding hydrogens is 186 g/mol. The Kier molecular flexibility index (Phi) is 2.72. The predicted octanol–water partition coefficient (Wildman–Crippen LogP) is 2.71. The fourth-order valence-electron chi connectivity index (χ4n) is 1.65. The fraction of sp³-hybridized carbons (Fsp3) is 0.250. The van der Waals surface area contributed by atoms with Crippen LogP contribution in [-0.2, 0) is 0 Å². The maximum atomic E-state index is 4.52. The van der Waals surface area contributed by atoms with Gasteiger partial charge in [0.2, 0.25) is 0 Å². The van der Waals surface area contributed by atoms with Crippen molar-refractivity contribution in [2.75, 3.05) is 24.2 Å². The number of nitrogens with zero attached hydrogens (tertiary/aromatic N) is 1. The predicted molar refractivity (Wildman–Crippen MR) is 65.5 cm³/mol. The normalized spacial score (nSPS) is 10.3. The van der Waals surface area contributed by atoms with Gasteiger partial charge < -0.3 is 10.6 Å². The van der Waals surface area contributed by atoms with Crippen LogP contribution in [0.25, 0.3) is 10.9 Å². The fourth-order valence-corrected chi connectivity index (χ4v) is 1.65. The second-order valence-corrected chi connectivity index (χ2v) is 3.35. The monoisotopic (exact) mass is 201 g/mol. The first kappa shape index (κ1) is 9.77. The lowest BCUT2D eigenvalue weighted by molar-refractivity contribution is 1.17. The minimum atomic E-state index is 0.893. The van der Waals surface area contributed by atoms with Gasteiger partial charge in [-0.25, -0.2) is 4.98 Å². The number of aromatic nitrogens is 1. The summed E-state index contributed by atoms with van der Waals surface area (Å²) in [6.07, 6.45) is 0. The zero-order valence-corrected chi connectivity index (χ0v) is 9.04. The van der Waals surface area contributed by atoms with Crippen LogP contribution in [0.3, 0.4) is 0 Å². The molecule has 0 unspecified atom stereocenters. The molecule has 2 rings (SSSR count). The van der Waals surface area contributed by atoms with Crippen molar-refractivity contribution in [2.24, 2.45) is 0 Å². The van der Waals surface area contributed by atoms with Gasteiger partial charge in [0.1, 0.15) is 5.82 Å². The molecule has 0 saturated heterocycles. The van der Waals surface area contributed by atoms with Crippen LogP contribution in [-0.4, -0.2) is 18.6 Å². The Morgan fingerprint density at radius 3 is 2.80 bits per heavy atom. The van der Waals surface area contributed by atoms with E-state index in [2.05, 4.69) is 34.7 Å². The summed E-state index contributed by atoms with van der Waals surface area (Å²) in [6.45, 7) is 2.96. The summed E-state index contributed by atoms with van der Waals surface area (Å²) in [7, 11) is 1.92. The molecule has 0 spiro atoms. The van der Waals surface area contributed by atoms with Crippen LogP contribution in [0, 0.1) is 0 Å². The summed E-state index contributed by atoms with van der Waals surface area (Å²) in [4.78, 5) is 4.52. The summed E-state index contributed by atoms with van der Waals surface area (Å²) in [6, 6.07) is 10.2. The molecule has 0 aliphatic carbocycles. The number of pyridine rings is 1. The molecular formula is C12H15N3. The first-order valence-corrected chi connectivity index (χ1v) is 5.16. The van der Waals surface area contributed by atoms with Crippen molar-refractivity contribution in [2.45, 2.75) is 6.92 Å². The van der Waals surface area contributed by atoms with Crippen LogP contribution in [0.5, 0.6) is 0 Å². The van der Waals surface area contributed by atoms with Gasteiger partial charge in [-0.05, 0) is 31.2 Å². The number of nitrogens with one attached hydrogen (secondary N) is 2. The molecule has 0 saturated carbocycles. The Hall–Kier alpha value is -1.77. The summed E-state index contributed by atoms with van der Waals surface area (Å²) in [5, 5.41) is 7.52. The highest BCUT2D eigenvalue weighted by molar-refractivity contribution is 5.92. The highest BCUT2D eigenvalue weighted by Gasteiger charge is 2.00. The van der Waals surface area contributed by atoms with Crippen molar-refractivity contribution < 1.29 is 0 Å². The lowest BCUT2D eigenvalue weighted by Crippen LogP contribution is -1.99. The Morgan fingerprint density at radius 1 is 1.20 bits per heavy atom. The summed E-state index contributed by atoms with van der Waals surface area (Å²) < 4.78 is 0. The number of hydrogen-bond acceptors (Lipinski definition) is 3. The molecule has 78 valence electrons. The molecule has 0 fully saturated rings. The smallest absolute Gasteiger partial charge is 0.126 e. The van der Waals surface area contributed by atoms with Crippen molar-refractivity contribution in [1.82, 2.24) is 4.98 Å². The van der Waals surface area contributed by atoms with Crippen molar-refractivity contribution in [3.05, 3.63) is 30.3 Å². The van der Waals surface area contributed by atoms with E-state index in [1.165, 1.54) is 0 Å². The van der Waals surface area contributed by atoms with Gasteiger partial charge in [-0.15, -0.1) is 0 Å². The van der Waals surface area contributed by atoms with E-state index in [0.29, 0.717) is 0 Å². The van der Waals surface area contributed by atoms with E-state index in [-0.39, 0.29) is 0 Å². The zero-order chi connectivity index (χ0) is 10.7. The van der Waals surface area contributed by atoms with Crippen LogP contribution in [0.1, 0.15) is 6.92 Å². The van der Waals surface area contributed by atoms with Gasteiger partial charge in [0.05, 0.1) is 5.52 Å². The van der Waals surface area contributed by atoms with E-state index >= 15 is 0 Å². The van der Waals surface area contributed by atoms with Crippen molar-refractivity contribution >= 4 is 22.4 Å². The minimum absolute atomic E-state index is 0.893. The minimum Gasteiger partial charge on any atom is -0.388 e. The molecule has 0 aliphatic heterocycles. The molecule has 0 bridgehead atoms. The molecule has 0 aliphatic rings. The van der Waals surface area contributed by atoms with Crippen molar-refractivity contribution in [3.8, 4) is 0 Å². The van der Waals surface area contributed by atoms with E-state index in [0.717, 1.165) is 29.0 Å². The van der Waals surface area contributed by atoms with Gasteiger partial charge in [-0.3, -0.25) is 0 Å². The zero-order valence-electron chi connectivity index (χ0n) is 9.04. The molecule has 1 heterocycles. The number of anilines is 2. The van der Waals surface area contributed by atoms with Crippen LogP contribution >= 0.6 is 0 Å². The molecule has 2 aromatic rings. The number of rotatable bonds is 3. The van der Waals surface area contributed by atoms with E-state index in [1.54, 1.807) is 0 Å². The van der Waals surface area contributed by atoms with Crippen LogP contribution in [0.4, 0.5) is 11.5 Å². The first-order valence-electron chi connectivity index (χ1n) is 5.16. The maximum absolute atomic E-state index is 4.52. The van der Waals surface area contributed by atoms with Crippen molar-refractivity contribution in [3.63, 3.8) is 0 Å². The third-order valence-corrected chi connectivity index (χ3v) is 2.36. The Morgan fingerprint density at radius 2 is 2.07 bits per heavy atom.